The molecule has 0 spiro atoms. The van der Waals surface area contributed by atoms with Gasteiger partial charge in [0.2, 0.25) is 5.91 Å². The summed E-state index contributed by atoms with van der Waals surface area (Å²) in [4.78, 5) is 12.1. The SMILES string of the molecule is CC(C)(C)C(CCO)NC(=O)C(C)(C)S(C)(=O)=O. The smallest absolute Gasteiger partial charge is 0.241 e. The highest BCUT2D eigenvalue weighted by Crippen LogP contribution is 2.23. The van der Waals surface area contributed by atoms with Gasteiger partial charge in [0.25, 0.3) is 0 Å². The number of sulfone groups is 1. The van der Waals surface area contributed by atoms with Crippen LogP contribution in [0.25, 0.3) is 0 Å². The lowest BCUT2D eigenvalue weighted by atomic mass is 9.84. The second-order valence-corrected chi connectivity index (χ2v) is 8.75. The molecule has 5 nitrogen and oxygen atoms in total. The Morgan fingerprint density at radius 3 is 1.94 bits per heavy atom. The molecular weight excluding hydrogens is 254 g/mol. The van der Waals surface area contributed by atoms with E-state index in [2.05, 4.69) is 5.32 Å². The Morgan fingerprint density at radius 2 is 1.67 bits per heavy atom. The van der Waals surface area contributed by atoms with Crippen molar-refractivity contribution in [3.8, 4) is 0 Å². The number of carbonyl (C=O) groups excluding carboxylic acids is 1. The van der Waals surface area contributed by atoms with E-state index in [1.165, 1.54) is 13.8 Å². The zero-order valence-electron chi connectivity index (χ0n) is 12.1. The zero-order chi connectivity index (χ0) is 14.8. The van der Waals surface area contributed by atoms with E-state index in [-0.39, 0.29) is 18.1 Å². The summed E-state index contributed by atoms with van der Waals surface area (Å²) in [5, 5.41) is 11.7. The molecule has 0 rings (SSSR count). The molecule has 0 aromatic rings. The molecule has 0 saturated heterocycles. The van der Waals surface area contributed by atoms with E-state index in [9.17, 15) is 13.2 Å². The molecule has 6 heteroatoms. The van der Waals surface area contributed by atoms with Crippen LogP contribution < -0.4 is 5.32 Å². The van der Waals surface area contributed by atoms with Crippen molar-refractivity contribution in [2.75, 3.05) is 12.9 Å². The van der Waals surface area contributed by atoms with Crippen molar-refractivity contribution >= 4 is 15.7 Å². The zero-order valence-corrected chi connectivity index (χ0v) is 12.9. The largest absolute Gasteiger partial charge is 0.396 e. The van der Waals surface area contributed by atoms with E-state index in [1.807, 2.05) is 20.8 Å². The Labute approximate surface area is 110 Å². The standard InChI is InChI=1S/C12H25NO4S/c1-11(2,3)9(7-8-14)13-10(15)12(4,5)18(6,16)17/h9,14H,7-8H2,1-6H3,(H,13,15). The van der Waals surface area contributed by atoms with Gasteiger partial charge in [0.1, 0.15) is 4.75 Å². The normalized spacial score (nSPS) is 15.3. The van der Waals surface area contributed by atoms with E-state index >= 15 is 0 Å². The van der Waals surface area contributed by atoms with E-state index in [4.69, 9.17) is 5.11 Å². The quantitative estimate of drug-likeness (QED) is 0.777. The summed E-state index contributed by atoms with van der Waals surface area (Å²) in [7, 11) is -3.48. The monoisotopic (exact) mass is 279 g/mol. The summed E-state index contributed by atoms with van der Waals surface area (Å²) < 4.78 is 21.7. The molecule has 0 aromatic carbocycles. The highest BCUT2D eigenvalue weighted by Gasteiger charge is 2.40. The van der Waals surface area contributed by atoms with E-state index in [0.717, 1.165) is 6.26 Å². The van der Waals surface area contributed by atoms with Crippen molar-refractivity contribution in [2.45, 2.75) is 51.8 Å². The van der Waals surface area contributed by atoms with Crippen LogP contribution >= 0.6 is 0 Å². The lowest BCUT2D eigenvalue weighted by molar-refractivity contribution is -0.124. The first-order valence-corrected chi connectivity index (χ1v) is 7.84. The number of hydrogen-bond acceptors (Lipinski definition) is 4. The van der Waals surface area contributed by atoms with Gasteiger partial charge in [0, 0.05) is 18.9 Å². The van der Waals surface area contributed by atoms with Crippen molar-refractivity contribution in [1.29, 1.82) is 0 Å². The van der Waals surface area contributed by atoms with Gasteiger partial charge in [-0.25, -0.2) is 8.42 Å². The van der Waals surface area contributed by atoms with Gasteiger partial charge in [-0.3, -0.25) is 4.79 Å². The summed E-state index contributed by atoms with van der Waals surface area (Å²) >= 11 is 0. The molecule has 1 amide bonds. The fraction of sp³-hybridized carbons (Fsp3) is 0.917. The Morgan fingerprint density at radius 1 is 1.22 bits per heavy atom. The Hall–Kier alpha value is -0.620. The molecule has 18 heavy (non-hydrogen) atoms. The number of amides is 1. The summed E-state index contributed by atoms with van der Waals surface area (Å²) in [5.41, 5.74) is -0.244. The minimum Gasteiger partial charge on any atom is -0.396 e. The molecule has 1 unspecified atom stereocenters. The molecule has 0 radical (unpaired) electrons. The third-order valence-electron chi connectivity index (χ3n) is 3.24. The van der Waals surface area contributed by atoms with Crippen molar-refractivity contribution in [1.82, 2.24) is 5.32 Å². The van der Waals surface area contributed by atoms with Crippen molar-refractivity contribution in [3.05, 3.63) is 0 Å². The van der Waals surface area contributed by atoms with Crippen molar-refractivity contribution in [2.24, 2.45) is 5.41 Å². The molecule has 0 aliphatic carbocycles. The first kappa shape index (κ1) is 17.4. The van der Waals surface area contributed by atoms with Crippen LogP contribution in [0.4, 0.5) is 0 Å². The van der Waals surface area contributed by atoms with Crippen LogP contribution in [-0.4, -0.2) is 43.1 Å². The van der Waals surface area contributed by atoms with Gasteiger partial charge in [0.15, 0.2) is 9.84 Å². The van der Waals surface area contributed by atoms with Crippen LogP contribution in [0.3, 0.4) is 0 Å². The second kappa shape index (κ2) is 5.57. The fourth-order valence-electron chi connectivity index (χ4n) is 1.35. The first-order valence-electron chi connectivity index (χ1n) is 5.95. The molecule has 0 aliphatic heterocycles. The minimum atomic E-state index is -3.48. The van der Waals surface area contributed by atoms with E-state index in [1.54, 1.807) is 0 Å². The van der Waals surface area contributed by atoms with Crippen molar-refractivity contribution in [3.63, 3.8) is 0 Å². The predicted molar refractivity (Wildman–Crippen MR) is 72.0 cm³/mol. The number of rotatable bonds is 5. The molecule has 108 valence electrons. The van der Waals surface area contributed by atoms with Crippen LogP contribution in [0.2, 0.25) is 0 Å². The molecular formula is C12H25NO4S. The number of nitrogens with one attached hydrogen (secondary N) is 1. The molecule has 1 atom stereocenters. The lowest BCUT2D eigenvalue weighted by Gasteiger charge is -2.33. The predicted octanol–water partition coefficient (Wildman–Crippen LogP) is 0.723. The molecule has 0 bridgehead atoms. The van der Waals surface area contributed by atoms with Gasteiger partial charge in [-0.1, -0.05) is 20.8 Å². The molecule has 2 N–H and O–H groups in total. The molecule has 0 aromatic heterocycles. The van der Waals surface area contributed by atoms with Gasteiger partial charge >= 0.3 is 0 Å². The van der Waals surface area contributed by atoms with Crippen LogP contribution in [0, 0.1) is 5.41 Å². The Balaban J connectivity index is 5.04. The third-order valence-corrected chi connectivity index (χ3v) is 5.28. The average molecular weight is 279 g/mol. The van der Waals surface area contributed by atoms with Gasteiger partial charge in [-0.05, 0) is 25.7 Å². The van der Waals surface area contributed by atoms with Gasteiger partial charge in [0.05, 0.1) is 0 Å². The number of aliphatic hydroxyl groups excluding tert-OH is 1. The van der Waals surface area contributed by atoms with E-state index < -0.39 is 20.5 Å². The van der Waals surface area contributed by atoms with E-state index in [0.29, 0.717) is 6.42 Å². The molecule has 0 heterocycles. The summed E-state index contributed by atoms with van der Waals surface area (Å²) in [6.45, 7) is 8.51. The van der Waals surface area contributed by atoms with Crippen LogP contribution in [0.5, 0.6) is 0 Å². The first-order chi connectivity index (χ1) is 7.84. The maximum Gasteiger partial charge on any atom is 0.241 e. The van der Waals surface area contributed by atoms with Crippen LogP contribution in [0.15, 0.2) is 0 Å². The minimum absolute atomic E-state index is 0.0540. The molecule has 0 saturated carbocycles. The molecule has 0 aliphatic rings. The second-order valence-electron chi connectivity index (χ2n) is 6.19. The summed E-state index contributed by atoms with van der Waals surface area (Å²) in [5.74, 6) is -0.529. The number of hydrogen-bond donors (Lipinski definition) is 2. The number of carbonyl (C=O) groups is 1. The molecule has 0 fully saturated rings. The number of aliphatic hydroxyl groups is 1. The average Bonchev–Trinajstić information content (AvgIpc) is 2.13. The summed E-state index contributed by atoms with van der Waals surface area (Å²) in [6, 6.07) is -0.268. The Kier molecular flexibility index (Phi) is 5.38. The topological polar surface area (TPSA) is 83.5 Å². The maximum atomic E-state index is 12.1. The summed E-state index contributed by atoms with van der Waals surface area (Å²) in [6.07, 6.45) is 1.44. The maximum absolute atomic E-state index is 12.1. The Bertz CT molecular complexity index is 393. The van der Waals surface area contributed by atoms with Gasteiger partial charge in [-0.2, -0.15) is 0 Å². The fourth-order valence-corrected chi connectivity index (χ4v) is 1.75. The van der Waals surface area contributed by atoms with Crippen LogP contribution in [0.1, 0.15) is 41.0 Å². The lowest BCUT2D eigenvalue weighted by Crippen LogP contribution is -2.54. The highest BCUT2D eigenvalue weighted by atomic mass is 32.2. The third kappa shape index (κ3) is 4.24. The van der Waals surface area contributed by atoms with Crippen LogP contribution in [-0.2, 0) is 14.6 Å². The van der Waals surface area contributed by atoms with Crippen molar-refractivity contribution < 1.29 is 18.3 Å². The highest BCUT2D eigenvalue weighted by molar-refractivity contribution is 7.92. The van der Waals surface area contributed by atoms with Gasteiger partial charge < -0.3 is 10.4 Å². The van der Waals surface area contributed by atoms with Gasteiger partial charge in [-0.15, -0.1) is 0 Å².